The maximum atomic E-state index is 12.2. The number of rotatable bonds is 4. The zero-order valence-electron chi connectivity index (χ0n) is 12.6. The first kappa shape index (κ1) is 16.1. The number of fused-ring (bicyclic) bond motifs is 1. The molecule has 0 atom stereocenters. The highest BCUT2D eigenvalue weighted by atomic mass is 32.2. The SMILES string of the molecule is NS(=O)(=O)c1ccc(CNC(=O)c2cnc3ccccc3c2)cc1. The summed E-state index contributed by atoms with van der Waals surface area (Å²) >= 11 is 0. The summed E-state index contributed by atoms with van der Waals surface area (Å²) in [5.74, 6) is -0.247. The average molecular weight is 341 g/mol. The number of hydrogen-bond acceptors (Lipinski definition) is 4. The van der Waals surface area contributed by atoms with E-state index in [9.17, 15) is 13.2 Å². The number of sulfonamides is 1. The highest BCUT2D eigenvalue weighted by molar-refractivity contribution is 7.89. The third-order valence-corrected chi connectivity index (χ3v) is 4.49. The molecule has 3 aromatic rings. The van der Waals surface area contributed by atoms with E-state index in [2.05, 4.69) is 10.3 Å². The van der Waals surface area contributed by atoms with Crippen LogP contribution in [0.4, 0.5) is 0 Å². The molecule has 0 aliphatic rings. The molecular formula is C17H15N3O3S. The van der Waals surface area contributed by atoms with Crippen LogP contribution in [0.1, 0.15) is 15.9 Å². The standard InChI is InChI=1S/C17H15N3O3S/c18-24(22,23)15-7-5-12(6-8-15)10-20-17(21)14-9-13-3-1-2-4-16(13)19-11-14/h1-9,11H,10H2,(H,20,21)(H2,18,22,23). The van der Waals surface area contributed by atoms with Crippen LogP contribution < -0.4 is 10.5 Å². The molecule has 1 aromatic heterocycles. The van der Waals surface area contributed by atoms with E-state index in [0.29, 0.717) is 5.56 Å². The van der Waals surface area contributed by atoms with Gasteiger partial charge >= 0.3 is 0 Å². The molecule has 1 amide bonds. The maximum Gasteiger partial charge on any atom is 0.253 e. The summed E-state index contributed by atoms with van der Waals surface area (Å²) in [6.45, 7) is 0.274. The van der Waals surface area contributed by atoms with Gasteiger partial charge in [-0.3, -0.25) is 9.78 Å². The molecule has 7 heteroatoms. The number of nitrogens with zero attached hydrogens (tertiary/aromatic N) is 1. The third-order valence-electron chi connectivity index (χ3n) is 3.56. The molecule has 0 aliphatic heterocycles. The highest BCUT2D eigenvalue weighted by Gasteiger charge is 2.09. The van der Waals surface area contributed by atoms with Gasteiger partial charge in [-0.05, 0) is 29.8 Å². The lowest BCUT2D eigenvalue weighted by Crippen LogP contribution is -2.23. The molecule has 0 aliphatic carbocycles. The molecule has 0 saturated heterocycles. The summed E-state index contributed by atoms with van der Waals surface area (Å²) in [5.41, 5.74) is 2.06. The fourth-order valence-corrected chi connectivity index (χ4v) is 2.79. The van der Waals surface area contributed by atoms with Gasteiger partial charge in [-0.15, -0.1) is 0 Å². The molecule has 0 saturated carbocycles. The summed E-state index contributed by atoms with van der Waals surface area (Å²) < 4.78 is 22.4. The Bertz CT molecular complexity index is 999. The molecule has 24 heavy (non-hydrogen) atoms. The second-order valence-electron chi connectivity index (χ2n) is 5.29. The van der Waals surface area contributed by atoms with Crippen molar-refractivity contribution in [2.45, 2.75) is 11.4 Å². The Balaban J connectivity index is 1.70. The molecule has 0 bridgehead atoms. The maximum absolute atomic E-state index is 12.2. The Morgan fingerprint density at radius 1 is 1.08 bits per heavy atom. The van der Waals surface area contributed by atoms with Crippen LogP contribution in [-0.2, 0) is 16.6 Å². The van der Waals surface area contributed by atoms with Crippen molar-refractivity contribution in [1.82, 2.24) is 10.3 Å². The van der Waals surface area contributed by atoms with Crippen molar-refractivity contribution in [2.75, 3.05) is 0 Å². The number of carbonyl (C=O) groups excluding carboxylic acids is 1. The van der Waals surface area contributed by atoms with Gasteiger partial charge in [-0.2, -0.15) is 0 Å². The average Bonchev–Trinajstić information content (AvgIpc) is 2.59. The van der Waals surface area contributed by atoms with E-state index in [1.165, 1.54) is 18.3 Å². The Hall–Kier alpha value is -2.77. The Morgan fingerprint density at radius 3 is 2.50 bits per heavy atom. The number of primary sulfonamides is 1. The Labute approximate surface area is 139 Å². The summed E-state index contributed by atoms with van der Waals surface area (Å²) in [5, 5.41) is 8.72. The second-order valence-corrected chi connectivity index (χ2v) is 6.85. The number of para-hydroxylation sites is 1. The van der Waals surface area contributed by atoms with Gasteiger partial charge in [0.15, 0.2) is 0 Å². The smallest absolute Gasteiger partial charge is 0.253 e. The van der Waals surface area contributed by atoms with Gasteiger partial charge in [-0.25, -0.2) is 13.6 Å². The zero-order valence-corrected chi connectivity index (χ0v) is 13.5. The van der Waals surface area contributed by atoms with Crippen LogP contribution in [0.25, 0.3) is 10.9 Å². The van der Waals surface area contributed by atoms with Crippen molar-refractivity contribution >= 4 is 26.8 Å². The minimum atomic E-state index is -3.71. The summed E-state index contributed by atoms with van der Waals surface area (Å²) in [4.78, 5) is 16.5. The highest BCUT2D eigenvalue weighted by Crippen LogP contribution is 2.13. The molecular weight excluding hydrogens is 326 g/mol. The molecule has 0 unspecified atom stereocenters. The fourth-order valence-electron chi connectivity index (χ4n) is 2.28. The van der Waals surface area contributed by atoms with Gasteiger partial charge in [0.2, 0.25) is 10.0 Å². The van der Waals surface area contributed by atoms with Crippen LogP contribution in [0.5, 0.6) is 0 Å². The van der Waals surface area contributed by atoms with Gasteiger partial charge in [-0.1, -0.05) is 30.3 Å². The topological polar surface area (TPSA) is 102 Å². The van der Waals surface area contributed by atoms with Crippen LogP contribution in [0, 0.1) is 0 Å². The number of carbonyl (C=O) groups is 1. The van der Waals surface area contributed by atoms with Gasteiger partial charge in [0.25, 0.3) is 5.91 Å². The number of aromatic nitrogens is 1. The van der Waals surface area contributed by atoms with Gasteiger partial charge in [0.1, 0.15) is 0 Å². The van der Waals surface area contributed by atoms with E-state index in [-0.39, 0.29) is 17.3 Å². The molecule has 0 fully saturated rings. The van der Waals surface area contributed by atoms with Crippen LogP contribution in [-0.4, -0.2) is 19.3 Å². The molecule has 3 rings (SSSR count). The van der Waals surface area contributed by atoms with Crippen molar-refractivity contribution in [3.63, 3.8) is 0 Å². The molecule has 1 heterocycles. The Morgan fingerprint density at radius 2 is 1.79 bits per heavy atom. The van der Waals surface area contributed by atoms with E-state index in [1.807, 2.05) is 24.3 Å². The first-order chi connectivity index (χ1) is 11.4. The largest absolute Gasteiger partial charge is 0.348 e. The van der Waals surface area contributed by atoms with Gasteiger partial charge < -0.3 is 5.32 Å². The predicted molar refractivity (Wildman–Crippen MR) is 90.7 cm³/mol. The molecule has 3 N–H and O–H groups in total. The monoisotopic (exact) mass is 341 g/mol. The zero-order chi connectivity index (χ0) is 17.2. The number of hydrogen-bond donors (Lipinski definition) is 2. The summed E-state index contributed by atoms with van der Waals surface area (Å²) in [7, 11) is -3.71. The van der Waals surface area contributed by atoms with Crippen molar-refractivity contribution < 1.29 is 13.2 Å². The number of benzene rings is 2. The number of nitrogens with one attached hydrogen (secondary N) is 1. The van der Waals surface area contributed by atoms with E-state index in [4.69, 9.17) is 5.14 Å². The quantitative estimate of drug-likeness (QED) is 0.755. The van der Waals surface area contributed by atoms with Crippen molar-refractivity contribution in [3.05, 3.63) is 71.9 Å². The van der Waals surface area contributed by atoms with Crippen molar-refractivity contribution in [3.8, 4) is 0 Å². The fraction of sp³-hybridized carbons (Fsp3) is 0.0588. The summed E-state index contributed by atoms with van der Waals surface area (Å²) in [6.07, 6.45) is 1.53. The van der Waals surface area contributed by atoms with Crippen LogP contribution in [0.2, 0.25) is 0 Å². The van der Waals surface area contributed by atoms with Gasteiger partial charge in [0, 0.05) is 18.1 Å². The van der Waals surface area contributed by atoms with Crippen molar-refractivity contribution in [1.29, 1.82) is 0 Å². The normalized spacial score (nSPS) is 11.4. The lowest BCUT2D eigenvalue weighted by molar-refractivity contribution is 0.0950. The van der Waals surface area contributed by atoms with E-state index in [0.717, 1.165) is 16.5 Å². The van der Waals surface area contributed by atoms with E-state index < -0.39 is 10.0 Å². The van der Waals surface area contributed by atoms with Crippen LogP contribution >= 0.6 is 0 Å². The second kappa shape index (κ2) is 6.38. The first-order valence-electron chi connectivity index (χ1n) is 7.18. The molecule has 6 nitrogen and oxygen atoms in total. The van der Waals surface area contributed by atoms with E-state index in [1.54, 1.807) is 18.2 Å². The third kappa shape index (κ3) is 3.58. The van der Waals surface area contributed by atoms with Gasteiger partial charge in [0.05, 0.1) is 16.0 Å². The molecule has 0 radical (unpaired) electrons. The summed E-state index contributed by atoms with van der Waals surface area (Å²) in [6, 6.07) is 15.4. The minimum Gasteiger partial charge on any atom is -0.348 e. The first-order valence-corrected chi connectivity index (χ1v) is 8.73. The lowest BCUT2D eigenvalue weighted by atomic mass is 10.1. The molecule has 2 aromatic carbocycles. The van der Waals surface area contributed by atoms with E-state index >= 15 is 0 Å². The van der Waals surface area contributed by atoms with Crippen LogP contribution in [0.15, 0.2) is 65.7 Å². The minimum absolute atomic E-state index is 0.0382. The molecule has 0 spiro atoms. The number of amides is 1. The molecule has 122 valence electrons. The number of pyridine rings is 1. The van der Waals surface area contributed by atoms with Crippen LogP contribution in [0.3, 0.4) is 0 Å². The lowest BCUT2D eigenvalue weighted by Gasteiger charge is -2.07. The predicted octanol–water partition coefficient (Wildman–Crippen LogP) is 1.81. The van der Waals surface area contributed by atoms with Crippen molar-refractivity contribution in [2.24, 2.45) is 5.14 Å². The Kier molecular flexibility index (Phi) is 4.28. The number of nitrogens with two attached hydrogens (primary N) is 1.